The van der Waals surface area contributed by atoms with E-state index in [0.717, 1.165) is 17.4 Å². The Bertz CT molecular complexity index is 1150. The number of hydrogen-bond donors (Lipinski definition) is 2. The predicted molar refractivity (Wildman–Crippen MR) is 119 cm³/mol. The highest BCUT2D eigenvalue weighted by Gasteiger charge is 2.39. The van der Waals surface area contributed by atoms with Crippen molar-refractivity contribution in [2.45, 2.75) is 65.3 Å². The number of tetrazole rings is 1. The molecule has 0 amide bonds. The van der Waals surface area contributed by atoms with E-state index >= 15 is 0 Å². The molecule has 0 spiro atoms. The molecule has 0 radical (unpaired) electrons. The van der Waals surface area contributed by atoms with Crippen LogP contribution in [-0.2, 0) is 19.1 Å². The molecule has 2 heterocycles. The molecule has 0 unspecified atom stereocenters. The van der Waals surface area contributed by atoms with E-state index in [-0.39, 0.29) is 35.9 Å². The molecule has 34 heavy (non-hydrogen) atoms. The molecule has 4 rings (SSSR count). The number of aliphatic hydroxyl groups is 1. The largest absolute Gasteiger partial charge is 0.419 e. The maximum Gasteiger partial charge on any atom is 0.419 e. The first-order valence-corrected chi connectivity index (χ1v) is 11.2. The van der Waals surface area contributed by atoms with Crippen LogP contribution in [0.2, 0.25) is 0 Å². The van der Waals surface area contributed by atoms with Crippen LogP contribution in [0.15, 0.2) is 30.5 Å². The van der Waals surface area contributed by atoms with Crippen LogP contribution in [0, 0.1) is 18.3 Å². The number of nitrogens with zero attached hydrogens (tertiary/aromatic N) is 6. The number of hydrogen-bond acceptors (Lipinski definition) is 7. The van der Waals surface area contributed by atoms with E-state index in [9.17, 15) is 18.3 Å². The molecule has 2 N–H and O–H groups in total. The summed E-state index contributed by atoms with van der Waals surface area (Å²) >= 11 is 0. The lowest BCUT2D eigenvalue weighted by molar-refractivity contribution is -0.138. The molecule has 0 bridgehead atoms. The first kappa shape index (κ1) is 24.1. The third-order valence-corrected chi connectivity index (χ3v) is 6.50. The van der Waals surface area contributed by atoms with E-state index in [1.54, 1.807) is 11.6 Å². The summed E-state index contributed by atoms with van der Waals surface area (Å²) in [6.45, 7) is 5.96. The zero-order chi connectivity index (χ0) is 24.5. The Kier molecular flexibility index (Phi) is 6.57. The predicted octanol–water partition coefficient (Wildman–Crippen LogP) is 4.12. The van der Waals surface area contributed by atoms with Crippen LogP contribution in [0.25, 0.3) is 5.69 Å². The van der Waals surface area contributed by atoms with Gasteiger partial charge in [-0.25, -0.2) is 9.97 Å². The van der Waals surface area contributed by atoms with Crippen molar-refractivity contribution in [3.05, 3.63) is 53.1 Å². The highest BCUT2D eigenvalue weighted by atomic mass is 19.4. The van der Waals surface area contributed by atoms with Crippen molar-refractivity contribution >= 4 is 5.95 Å². The molecule has 1 aliphatic carbocycles. The molecular formula is C23H28F3N7O. The number of nitrogens with one attached hydrogen (secondary N) is 1. The third kappa shape index (κ3) is 5.19. The number of aliphatic hydroxyl groups excluding tert-OH is 1. The van der Waals surface area contributed by atoms with E-state index in [1.165, 1.54) is 0 Å². The summed E-state index contributed by atoms with van der Waals surface area (Å²) in [4.78, 5) is 8.21. The second kappa shape index (κ2) is 9.28. The van der Waals surface area contributed by atoms with Crippen molar-refractivity contribution in [2.75, 3.05) is 5.32 Å². The zero-order valence-corrected chi connectivity index (χ0v) is 19.3. The number of aryl methyl sites for hydroxylation is 1. The Hall–Kier alpha value is -3.08. The molecule has 1 aromatic carbocycles. The Balaban J connectivity index is 1.56. The topological polar surface area (TPSA) is 102 Å². The summed E-state index contributed by atoms with van der Waals surface area (Å²) in [6.07, 6.45) is -2.08. The van der Waals surface area contributed by atoms with Gasteiger partial charge in [0.15, 0.2) is 5.82 Å². The van der Waals surface area contributed by atoms with Crippen LogP contribution in [0.5, 0.6) is 0 Å². The first-order chi connectivity index (χ1) is 16.0. The highest BCUT2D eigenvalue weighted by molar-refractivity contribution is 5.43. The Morgan fingerprint density at radius 3 is 2.65 bits per heavy atom. The van der Waals surface area contributed by atoms with Crippen LogP contribution < -0.4 is 5.32 Å². The molecule has 182 valence electrons. The van der Waals surface area contributed by atoms with Gasteiger partial charge in [0.05, 0.1) is 23.0 Å². The van der Waals surface area contributed by atoms with Crippen LogP contribution in [-0.4, -0.2) is 41.4 Å². The van der Waals surface area contributed by atoms with E-state index in [4.69, 9.17) is 0 Å². The lowest BCUT2D eigenvalue weighted by atomic mass is 9.69. The molecule has 1 fully saturated rings. The molecule has 1 saturated carbocycles. The number of aromatic nitrogens is 6. The van der Waals surface area contributed by atoms with E-state index in [2.05, 4.69) is 30.8 Å². The third-order valence-electron chi connectivity index (χ3n) is 6.50. The van der Waals surface area contributed by atoms with Gasteiger partial charge in [-0.05, 0) is 66.0 Å². The lowest BCUT2D eigenvalue weighted by Crippen LogP contribution is -2.37. The van der Waals surface area contributed by atoms with Gasteiger partial charge >= 0.3 is 6.18 Å². The summed E-state index contributed by atoms with van der Waals surface area (Å²) in [7, 11) is 0. The highest BCUT2D eigenvalue weighted by Crippen LogP contribution is 2.41. The summed E-state index contributed by atoms with van der Waals surface area (Å²) in [5.41, 5.74) is 0.421. The van der Waals surface area contributed by atoms with Crippen LogP contribution >= 0.6 is 0 Å². The number of anilines is 1. The van der Waals surface area contributed by atoms with Gasteiger partial charge < -0.3 is 10.4 Å². The van der Waals surface area contributed by atoms with E-state index < -0.39 is 17.8 Å². The molecule has 3 aromatic rings. The first-order valence-electron chi connectivity index (χ1n) is 11.2. The minimum absolute atomic E-state index is 0.00534. The fraction of sp³-hybridized carbons (Fsp3) is 0.522. The second-order valence-corrected chi connectivity index (χ2v) is 9.53. The van der Waals surface area contributed by atoms with Gasteiger partial charge in [0.1, 0.15) is 0 Å². The normalized spacial score (nSPS) is 20.3. The van der Waals surface area contributed by atoms with Crippen LogP contribution in [0.3, 0.4) is 0 Å². The lowest BCUT2D eigenvalue weighted by Gasteiger charge is -2.39. The van der Waals surface area contributed by atoms with Gasteiger partial charge in [-0.1, -0.05) is 32.0 Å². The Morgan fingerprint density at radius 1 is 1.21 bits per heavy atom. The van der Waals surface area contributed by atoms with Gasteiger partial charge in [0.2, 0.25) is 5.95 Å². The summed E-state index contributed by atoms with van der Waals surface area (Å²) in [5.74, 6) is 0.744. The second-order valence-electron chi connectivity index (χ2n) is 9.53. The summed E-state index contributed by atoms with van der Waals surface area (Å²) in [5, 5.41) is 24.8. The summed E-state index contributed by atoms with van der Waals surface area (Å²) < 4.78 is 42.6. The molecule has 8 nitrogen and oxygen atoms in total. The maximum absolute atomic E-state index is 13.7. The Morgan fingerprint density at radius 2 is 1.97 bits per heavy atom. The fourth-order valence-corrected chi connectivity index (χ4v) is 4.60. The van der Waals surface area contributed by atoms with E-state index in [1.807, 2.05) is 38.1 Å². The van der Waals surface area contributed by atoms with Crippen molar-refractivity contribution in [2.24, 2.45) is 11.3 Å². The van der Waals surface area contributed by atoms with Crippen molar-refractivity contribution in [3.63, 3.8) is 0 Å². The van der Waals surface area contributed by atoms with Gasteiger partial charge in [-0.3, -0.25) is 0 Å². The van der Waals surface area contributed by atoms with Crippen LogP contribution in [0.4, 0.5) is 19.1 Å². The SMILES string of the molecule is Cc1nnnn1-c1ccccc1CNc1ncc(C(F)(F)F)c(C[C@H]2CC[C@H](O)C(C)(C)C2)n1. The van der Waals surface area contributed by atoms with Crippen LogP contribution in [0.1, 0.15) is 55.8 Å². The monoisotopic (exact) mass is 475 g/mol. The standard InChI is InChI=1S/C23H28F3N7O/c1-14-30-31-32-33(14)19-7-5-4-6-16(19)12-27-21-28-13-17(23(24,25)26)18(29-21)10-15-8-9-20(34)22(2,3)11-15/h4-7,13,15,20,34H,8-12H2,1-3H3,(H,27,28,29)/t15-,20+/m1/s1. The van der Waals surface area contributed by atoms with E-state index in [0.29, 0.717) is 25.1 Å². The minimum atomic E-state index is -4.54. The van der Waals surface area contributed by atoms with Crippen molar-refractivity contribution < 1.29 is 18.3 Å². The van der Waals surface area contributed by atoms with Crippen molar-refractivity contribution in [1.29, 1.82) is 0 Å². The van der Waals surface area contributed by atoms with Gasteiger partial charge in [0, 0.05) is 12.7 Å². The average molecular weight is 476 g/mol. The molecule has 1 aliphatic rings. The fourth-order valence-electron chi connectivity index (χ4n) is 4.60. The minimum Gasteiger partial charge on any atom is -0.393 e. The molecule has 2 atom stereocenters. The number of benzene rings is 1. The van der Waals surface area contributed by atoms with Gasteiger partial charge in [0.25, 0.3) is 0 Å². The van der Waals surface area contributed by atoms with Crippen molar-refractivity contribution in [3.8, 4) is 5.69 Å². The number of alkyl halides is 3. The quantitative estimate of drug-likeness (QED) is 0.553. The van der Waals surface area contributed by atoms with Gasteiger partial charge in [-0.15, -0.1) is 5.10 Å². The average Bonchev–Trinajstić information content (AvgIpc) is 3.20. The molecular weight excluding hydrogens is 447 g/mol. The maximum atomic E-state index is 13.7. The smallest absolute Gasteiger partial charge is 0.393 e. The molecule has 0 saturated heterocycles. The number of para-hydroxylation sites is 1. The molecule has 2 aromatic heterocycles. The summed E-state index contributed by atoms with van der Waals surface area (Å²) in [6, 6.07) is 7.45. The zero-order valence-electron chi connectivity index (χ0n) is 19.3. The van der Waals surface area contributed by atoms with Crippen molar-refractivity contribution in [1.82, 2.24) is 30.2 Å². The molecule has 0 aliphatic heterocycles. The molecule has 11 heteroatoms. The number of rotatable bonds is 6. The van der Waals surface area contributed by atoms with Gasteiger partial charge in [-0.2, -0.15) is 17.9 Å². The Labute approximate surface area is 195 Å². The number of halogens is 3.